The molecule has 2 N–H and O–H groups in total. The summed E-state index contributed by atoms with van der Waals surface area (Å²) in [6.45, 7) is 8.28. The maximum Gasteiger partial charge on any atom is 0.0619 e. The highest BCUT2D eigenvalue weighted by atomic mass is 16.3. The highest BCUT2D eigenvalue weighted by Crippen LogP contribution is 2.28. The predicted octanol–water partition coefficient (Wildman–Crippen LogP) is 7.64. The van der Waals surface area contributed by atoms with E-state index in [4.69, 9.17) is 0 Å². The van der Waals surface area contributed by atoms with E-state index in [-0.39, 0.29) is 11.2 Å². The van der Waals surface area contributed by atoms with Crippen molar-refractivity contribution >= 4 is 0 Å². The molecule has 4 aliphatic carbocycles. The molecule has 4 aliphatic rings. The SMILES string of the molecule is CC1(O)CCCC1.CC1(O)CCCCC1.CC1=CCCC1.CC1=CCCCC1. The van der Waals surface area contributed by atoms with Gasteiger partial charge in [0.05, 0.1) is 11.2 Å². The van der Waals surface area contributed by atoms with Gasteiger partial charge in [0.15, 0.2) is 0 Å². The van der Waals surface area contributed by atoms with Crippen molar-refractivity contribution in [3.8, 4) is 0 Å². The molecule has 2 heteroatoms. The second kappa shape index (κ2) is 13.6. The van der Waals surface area contributed by atoms with E-state index in [1.54, 1.807) is 11.1 Å². The largest absolute Gasteiger partial charge is 0.390 e. The molecule has 0 aromatic heterocycles. The van der Waals surface area contributed by atoms with Crippen LogP contribution in [0.4, 0.5) is 0 Å². The van der Waals surface area contributed by atoms with Crippen LogP contribution in [0.3, 0.4) is 0 Å². The van der Waals surface area contributed by atoms with Gasteiger partial charge in [0.25, 0.3) is 0 Å². The van der Waals surface area contributed by atoms with Crippen LogP contribution in [0.25, 0.3) is 0 Å². The fraction of sp³-hybridized carbons (Fsp3) is 0.846. The standard InChI is InChI=1S/C7H14O.C7H12.C6H12O.C6H10/c1-7(8)5-3-2-4-6-7;1-7-5-3-2-4-6-7;1-6(7)4-2-3-5-6;1-6-4-2-3-5-6/h8H,2-6H2,1H3;5H,2-4,6H2,1H3;7H,2-5H2,1H3;4H,2-3,5H2,1H3. The van der Waals surface area contributed by atoms with Gasteiger partial charge in [0.1, 0.15) is 0 Å². The lowest BCUT2D eigenvalue weighted by Crippen LogP contribution is -2.26. The molecule has 0 unspecified atom stereocenters. The minimum Gasteiger partial charge on any atom is -0.390 e. The summed E-state index contributed by atoms with van der Waals surface area (Å²) in [5, 5.41) is 18.6. The number of rotatable bonds is 0. The predicted molar refractivity (Wildman–Crippen MR) is 123 cm³/mol. The summed E-state index contributed by atoms with van der Waals surface area (Å²) in [4.78, 5) is 0. The smallest absolute Gasteiger partial charge is 0.0619 e. The summed E-state index contributed by atoms with van der Waals surface area (Å²) < 4.78 is 0. The molecular formula is C26H48O2. The molecule has 0 radical (unpaired) electrons. The number of aliphatic hydroxyl groups is 2. The van der Waals surface area contributed by atoms with Gasteiger partial charge < -0.3 is 10.2 Å². The Labute approximate surface area is 175 Å². The maximum absolute atomic E-state index is 9.37. The fourth-order valence-electron chi connectivity index (χ4n) is 4.28. The van der Waals surface area contributed by atoms with Gasteiger partial charge in [0.2, 0.25) is 0 Å². The van der Waals surface area contributed by atoms with Gasteiger partial charge in [-0.05, 0) is 98.3 Å². The van der Waals surface area contributed by atoms with Crippen LogP contribution in [0.2, 0.25) is 0 Å². The lowest BCUT2D eigenvalue weighted by Gasteiger charge is -2.27. The van der Waals surface area contributed by atoms with E-state index >= 15 is 0 Å². The molecule has 2 saturated carbocycles. The third-order valence-electron chi connectivity index (χ3n) is 6.40. The number of hydrogen-bond acceptors (Lipinski definition) is 2. The zero-order valence-corrected chi connectivity index (χ0v) is 19.4. The van der Waals surface area contributed by atoms with Gasteiger partial charge >= 0.3 is 0 Å². The Morgan fingerprint density at radius 3 is 1.14 bits per heavy atom. The second-order valence-corrected chi connectivity index (χ2v) is 10.0. The third-order valence-corrected chi connectivity index (χ3v) is 6.40. The molecule has 0 spiro atoms. The molecule has 4 rings (SSSR count). The summed E-state index contributed by atoms with van der Waals surface area (Å²) in [7, 11) is 0. The van der Waals surface area contributed by atoms with Crippen molar-refractivity contribution in [2.24, 2.45) is 0 Å². The Bertz CT molecular complexity index is 455. The van der Waals surface area contributed by atoms with Gasteiger partial charge in [-0.3, -0.25) is 0 Å². The molecule has 164 valence electrons. The summed E-state index contributed by atoms with van der Waals surface area (Å²) in [5.41, 5.74) is 2.54. The fourth-order valence-corrected chi connectivity index (χ4v) is 4.28. The van der Waals surface area contributed by atoms with Crippen LogP contribution in [0.15, 0.2) is 23.3 Å². The lowest BCUT2D eigenvalue weighted by atomic mass is 9.87. The van der Waals surface area contributed by atoms with E-state index in [1.165, 1.54) is 77.0 Å². The van der Waals surface area contributed by atoms with Crippen molar-refractivity contribution in [2.45, 2.75) is 142 Å². The molecule has 2 nitrogen and oxygen atoms in total. The highest BCUT2D eigenvalue weighted by molar-refractivity contribution is 5.03. The number of allylic oxidation sites excluding steroid dienone is 4. The second-order valence-electron chi connectivity index (χ2n) is 10.0. The van der Waals surface area contributed by atoms with Crippen molar-refractivity contribution in [1.82, 2.24) is 0 Å². The Balaban J connectivity index is 0.000000188. The van der Waals surface area contributed by atoms with E-state index in [0.29, 0.717) is 0 Å². The Morgan fingerprint density at radius 2 is 0.964 bits per heavy atom. The van der Waals surface area contributed by atoms with Crippen LogP contribution in [0, 0.1) is 0 Å². The molecule has 28 heavy (non-hydrogen) atoms. The summed E-state index contributed by atoms with van der Waals surface area (Å²) in [6, 6.07) is 0. The molecule has 0 aromatic carbocycles. The Hall–Kier alpha value is -0.600. The molecule has 0 aliphatic heterocycles. The first-order valence-electron chi connectivity index (χ1n) is 12.0. The van der Waals surface area contributed by atoms with Crippen molar-refractivity contribution in [3.63, 3.8) is 0 Å². The molecule has 0 bridgehead atoms. The van der Waals surface area contributed by atoms with Crippen LogP contribution in [0.1, 0.15) is 130 Å². The van der Waals surface area contributed by atoms with E-state index in [1.807, 2.05) is 13.8 Å². The van der Waals surface area contributed by atoms with Crippen LogP contribution in [-0.4, -0.2) is 21.4 Å². The van der Waals surface area contributed by atoms with Gasteiger partial charge in [0, 0.05) is 0 Å². The average Bonchev–Trinajstić information content (AvgIpc) is 3.27. The quantitative estimate of drug-likeness (QED) is 0.416. The van der Waals surface area contributed by atoms with E-state index < -0.39 is 0 Å². The minimum absolute atomic E-state index is 0.306. The van der Waals surface area contributed by atoms with Crippen molar-refractivity contribution in [2.75, 3.05) is 0 Å². The lowest BCUT2D eigenvalue weighted by molar-refractivity contribution is 0.0225. The van der Waals surface area contributed by atoms with Gasteiger partial charge in [-0.2, -0.15) is 0 Å². The van der Waals surface area contributed by atoms with Gasteiger partial charge in [-0.15, -0.1) is 0 Å². The Morgan fingerprint density at radius 1 is 0.571 bits per heavy atom. The summed E-state index contributed by atoms with van der Waals surface area (Å²) in [6.07, 6.45) is 24.4. The molecule has 0 heterocycles. The van der Waals surface area contributed by atoms with E-state index in [0.717, 1.165) is 25.7 Å². The molecule has 2 fully saturated rings. The maximum atomic E-state index is 9.37. The van der Waals surface area contributed by atoms with Crippen molar-refractivity contribution < 1.29 is 10.2 Å². The molecular weight excluding hydrogens is 344 g/mol. The van der Waals surface area contributed by atoms with Crippen molar-refractivity contribution in [3.05, 3.63) is 23.3 Å². The molecule has 0 atom stereocenters. The zero-order chi connectivity index (χ0) is 20.9. The number of hydrogen-bond donors (Lipinski definition) is 2. The molecule has 0 saturated heterocycles. The third kappa shape index (κ3) is 13.6. The highest BCUT2D eigenvalue weighted by Gasteiger charge is 2.24. The van der Waals surface area contributed by atoms with Gasteiger partial charge in [-0.25, -0.2) is 0 Å². The van der Waals surface area contributed by atoms with E-state index in [2.05, 4.69) is 26.0 Å². The van der Waals surface area contributed by atoms with Crippen LogP contribution in [0.5, 0.6) is 0 Å². The first kappa shape index (κ1) is 25.4. The van der Waals surface area contributed by atoms with Crippen LogP contribution >= 0.6 is 0 Å². The first-order chi connectivity index (χ1) is 13.2. The Kier molecular flexibility index (Phi) is 12.3. The summed E-state index contributed by atoms with van der Waals surface area (Å²) in [5.74, 6) is 0. The monoisotopic (exact) mass is 392 g/mol. The minimum atomic E-state index is -0.321. The van der Waals surface area contributed by atoms with E-state index in [9.17, 15) is 10.2 Å². The molecule has 0 amide bonds. The molecule has 0 aromatic rings. The normalized spacial score (nSPS) is 24.9. The first-order valence-corrected chi connectivity index (χ1v) is 12.0. The summed E-state index contributed by atoms with van der Waals surface area (Å²) >= 11 is 0. The average molecular weight is 393 g/mol. The van der Waals surface area contributed by atoms with Crippen LogP contribution in [-0.2, 0) is 0 Å². The topological polar surface area (TPSA) is 40.5 Å². The van der Waals surface area contributed by atoms with Crippen molar-refractivity contribution in [1.29, 1.82) is 0 Å². The van der Waals surface area contributed by atoms with Crippen LogP contribution < -0.4 is 0 Å². The zero-order valence-electron chi connectivity index (χ0n) is 19.4. The van der Waals surface area contributed by atoms with Gasteiger partial charge in [-0.1, -0.05) is 55.4 Å².